The molecule has 1 aliphatic carbocycles. The van der Waals surface area contributed by atoms with Crippen LogP contribution in [0.4, 0.5) is 0 Å². The van der Waals surface area contributed by atoms with Crippen LogP contribution < -0.4 is 0 Å². The van der Waals surface area contributed by atoms with E-state index >= 15 is 0 Å². The van der Waals surface area contributed by atoms with Gasteiger partial charge in [-0.3, -0.25) is 0 Å². The number of aromatic nitrogens is 4. The van der Waals surface area contributed by atoms with Crippen LogP contribution in [0.25, 0.3) is 94.5 Å². The maximum atomic E-state index is 6.38. The predicted octanol–water partition coefficient (Wildman–Crippen LogP) is 15.2. The first kappa shape index (κ1) is 38.1. The topological polar surface area (TPSA) is 56.7 Å². The minimum absolute atomic E-state index is 0.0916. The van der Waals surface area contributed by atoms with Crippen molar-refractivity contribution in [2.24, 2.45) is 0 Å². The number of furan rings is 1. The van der Waals surface area contributed by atoms with Crippen LogP contribution in [0.1, 0.15) is 61.2 Å². The molecule has 1 unspecified atom stereocenters. The monoisotopic (exact) mass is 826 g/mol. The molecule has 1 atom stereocenters. The summed E-state index contributed by atoms with van der Waals surface area (Å²) < 4.78 is 8.79. The van der Waals surface area contributed by atoms with Crippen molar-refractivity contribution in [2.45, 2.75) is 51.9 Å². The molecule has 5 heteroatoms. The minimum Gasteiger partial charge on any atom is -0.456 e. The number of benzene rings is 8. The average Bonchev–Trinajstić information content (AvgIpc) is 3.95. The molecule has 0 bridgehead atoms. The fourth-order valence-electron chi connectivity index (χ4n) is 10.5. The molecule has 1 aliphatic rings. The number of hydrogen-bond acceptors (Lipinski definition) is 4. The Hall–Kier alpha value is -7.63. The molecule has 0 saturated heterocycles. The highest BCUT2D eigenvalue weighted by atomic mass is 16.3. The second kappa shape index (κ2) is 14.7. The van der Waals surface area contributed by atoms with Gasteiger partial charge in [-0.15, -0.1) is 0 Å². The molecule has 0 N–H and O–H groups in total. The van der Waals surface area contributed by atoms with E-state index in [1.54, 1.807) is 0 Å². The highest BCUT2D eigenvalue weighted by molar-refractivity contribution is 6.11. The average molecular weight is 827 g/mol. The molecular formula is C59H46N4O. The Morgan fingerprint density at radius 1 is 0.516 bits per heavy atom. The first-order valence-electron chi connectivity index (χ1n) is 22.4. The minimum atomic E-state index is -0.0916. The molecule has 0 saturated carbocycles. The summed E-state index contributed by atoms with van der Waals surface area (Å²) in [5.41, 5.74) is 17.2. The van der Waals surface area contributed by atoms with Gasteiger partial charge in [0.15, 0.2) is 11.6 Å². The summed E-state index contributed by atoms with van der Waals surface area (Å²) in [6.07, 6.45) is 1.59. The second-order valence-corrected chi connectivity index (χ2v) is 17.9. The van der Waals surface area contributed by atoms with Gasteiger partial charge in [0.1, 0.15) is 17.0 Å². The number of para-hydroxylation sites is 2. The fraction of sp³-hybridized carbons (Fsp3) is 0.136. The van der Waals surface area contributed by atoms with Crippen molar-refractivity contribution in [3.05, 3.63) is 204 Å². The molecular weight excluding hydrogens is 781 g/mol. The van der Waals surface area contributed by atoms with Crippen LogP contribution >= 0.6 is 0 Å². The maximum Gasteiger partial charge on any atom is 0.163 e. The smallest absolute Gasteiger partial charge is 0.163 e. The van der Waals surface area contributed by atoms with E-state index in [0.717, 1.165) is 51.0 Å². The molecule has 3 aromatic heterocycles. The van der Waals surface area contributed by atoms with Crippen molar-refractivity contribution in [1.82, 2.24) is 19.5 Å². The Morgan fingerprint density at radius 3 is 2.03 bits per heavy atom. The van der Waals surface area contributed by atoms with Gasteiger partial charge in [-0.25, -0.2) is 15.0 Å². The standard InChI is InChI=1S/C59H46N4O/c1-5-37(42-21-8-9-22-43(42)41-20-7-6-17-36(41)2)33-56-60-57(62-58(61-56)39-29-30-47-46-25-12-15-28-54(46)64-55(47)32-39)38-18-16-19-40(31-38)63-52-27-14-11-24-45(52)49-34-51-48(35-53(49)63)44-23-10-13-26-50(44)59(51,3)4/h6-32,34-35,37H,5,33H2,1-4H3. The molecule has 64 heavy (non-hydrogen) atoms. The summed E-state index contributed by atoms with van der Waals surface area (Å²) in [5, 5.41) is 4.66. The zero-order valence-electron chi connectivity index (χ0n) is 36.4. The van der Waals surface area contributed by atoms with Crippen LogP contribution in [-0.2, 0) is 11.8 Å². The summed E-state index contributed by atoms with van der Waals surface area (Å²) in [7, 11) is 0. The van der Waals surface area contributed by atoms with Crippen molar-refractivity contribution in [3.63, 3.8) is 0 Å². The zero-order valence-corrected chi connectivity index (χ0v) is 36.4. The Labute approximate surface area is 372 Å². The van der Waals surface area contributed by atoms with Crippen molar-refractivity contribution in [3.8, 4) is 50.7 Å². The van der Waals surface area contributed by atoms with E-state index in [2.05, 4.69) is 196 Å². The summed E-state index contributed by atoms with van der Waals surface area (Å²) in [4.78, 5) is 15.9. The molecule has 308 valence electrons. The Morgan fingerprint density at radius 2 is 1.20 bits per heavy atom. The summed E-state index contributed by atoms with van der Waals surface area (Å²) in [6.45, 7) is 9.16. The Balaban J connectivity index is 1.02. The number of rotatable bonds is 8. The van der Waals surface area contributed by atoms with E-state index in [4.69, 9.17) is 19.4 Å². The van der Waals surface area contributed by atoms with Gasteiger partial charge in [-0.1, -0.05) is 148 Å². The highest BCUT2D eigenvalue weighted by Gasteiger charge is 2.36. The van der Waals surface area contributed by atoms with Crippen LogP contribution in [0.15, 0.2) is 180 Å². The number of fused-ring (bicyclic) bond motifs is 9. The quantitative estimate of drug-likeness (QED) is 0.153. The third-order valence-corrected chi connectivity index (χ3v) is 13.8. The van der Waals surface area contributed by atoms with Crippen molar-refractivity contribution in [1.29, 1.82) is 0 Å². The largest absolute Gasteiger partial charge is 0.456 e. The molecule has 0 amide bonds. The Kier molecular flexibility index (Phi) is 8.77. The second-order valence-electron chi connectivity index (χ2n) is 17.9. The normalized spacial score (nSPS) is 13.5. The van der Waals surface area contributed by atoms with Crippen molar-refractivity contribution < 1.29 is 4.42 Å². The zero-order chi connectivity index (χ0) is 43.1. The summed E-state index contributed by atoms with van der Waals surface area (Å²) >= 11 is 0. The van der Waals surface area contributed by atoms with Gasteiger partial charge in [-0.2, -0.15) is 0 Å². The Bertz CT molecular complexity index is 3650. The van der Waals surface area contributed by atoms with E-state index in [1.807, 2.05) is 12.1 Å². The lowest BCUT2D eigenvalue weighted by molar-refractivity contribution is 0.636. The summed E-state index contributed by atoms with van der Waals surface area (Å²) in [5.74, 6) is 2.21. The van der Waals surface area contributed by atoms with Gasteiger partial charge in [-0.05, 0) is 112 Å². The lowest BCUT2D eigenvalue weighted by Crippen LogP contribution is -2.14. The van der Waals surface area contributed by atoms with Crippen LogP contribution in [0.2, 0.25) is 0 Å². The molecule has 0 aliphatic heterocycles. The molecule has 3 heterocycles. The number of nitrogens with zero attached hydrogens (tertiary/aromatic N) is 4. The lowest BCUT2D eigenvalue weighted by atomic mass is 9.82. The van der Waals surface area contributed by atoms with Gasteiger partial charge in [0.05, 0.1) is 11.0 Å². The fourth-order valence-corrected chi connectivity index (χ4v) is 10.5. The first-order chi connectivity index (χ1) is 31.3. The molecule has 5 nitrogen and oxygen atoms in total. The lowest BCUT2D eigenvalue weighted by Gasteiger charge is -2.21. The molecule has 8 aromatic carbocycles. The number of hydrogen-bond donors (Lipinski definition) is 0. The first-order valence-corrected chi connectivity index (χ1v) is 22.4. The molecule has 12 rings (SSSR count). The van der Waals surface area contributed by atoms with Crippen molar-refractivity contribution in [2.75, 3.05) is 0 Å². The third-order valence-electron chi connectivity index (χ3n) is 13.8. The van der Waals surface area contributed by atoms with Crippen LogP contribution in [0.5, 0.6) is 0 Å². The van der Waals surface area contributed by atoms with Crippen LogP contribution in [0.3, 0.4) is 0 Å². The predicted molar refractivity (Wildman–Crippen MR) is 263 cm³/mol. The molecule has 0 radical (unpaired) electrons. The molecule has 0 spiro atoms. The number of aryl methyl sites for hydroxylation is 1. The highest BCUT2D eigenvalue weighted by Crippen LogP contribution is 2.51. The van der Waals surface area contributed by atoms with Crippen LogP contribution in [0, 0.1) is 6.92 Å². The summed E-state index contributed by atoms with van der Waals surface area (Å²) in [6, 6.07) is 63.2. The SMILES string of the molecule is CCC(Cc1nc(-c2cccc(-n3c4ccccc4c4cc5c(cc43)-c3ccccc3C5(C)C)c2)nc(-c2ccc3c(c2)oc2ccccc23)n1)c1ccccc1-c1ccccc1C. The van der Waals surface area contributed by atoms with E-state index < -0.39 is 0 Å². The van der Waals surface area contributed by atoms with Gasteiger partial charge in [0, 0.05) is 50.2 Å². The molecule has 11 aromatic rings. The van der Waals surface area contributed by atoms with Gasteiger partial charge in [0.25, 0.3) is 0 Å². The maximum absolute atomic E-state index is 6.38. The van der Waals surface area contributed by atoms with Crippen LogP contribution in [-0.4, -0.2) is 19.5 Å². The van der Waals surface area contributed by atoms with E-state index in [-0.39, 0.29) is 11.3 Å². The van der Waals surface area contributed by atoms with E-state index in [0.29, 0.717) is 18.1 Å². The third kappa shape index (κ3) is 6.02. The molecule has 0 fully saturated rings. The van der Waals surface area contributed by atoms with E-state index in [1.165, 1.54) is 66.3 Å². The van der Waals surface area contributed by atoms with Crippen molar-refractivity contribution >= 4 is 43.7 Å². The van der Waals surface area contributed by atoms with Gasteiger partial charge < -0.3 is 8.98 Å². The van der Waals surface area contributed by atoms with Gasteiger partial charge in [0.2, 0.25) is 0 Å². The van der Waals surface area contributed by atoms with E-state index in [9.17, 15) is 0 Å². The van der Waals surface area contributed by atoms with Gasteiger partial charge >= 0.3 is 0 Å².